The minimum Gasteiger partial charge on any atom is -0.481 e. The number of hydrogen-bond acceptors (Lipinski definition) is 3. The van der Waals surface area contributed by atoms with E-state index in [0.29, 0.717) is 0 Å². The molecule has 0 saturated heterocycles. The number of aliphatic carboxylic acids is 1. The van der Waals surface area contributed by atoms with E-state index in [2.05, 4.69) is 6.58 Å². The van der Waals surface area contributed by atoms with Gasteiger partial charge in [0, 0.05) is 0 Å². The SMILES string of the molecule is C=C(C)C(=O)C(O)CC(=O)O. The van der Waals surface area contributed by atoms with Crippen LogP contribution in [0, 0.1) is 0 Å². The monoisotopic (exact) mass is 158 g/mol. The zero-order valence-electron chi connectivity index (χ0n) is 6.20. The average Bonchev–Trinajstić information content (AvgIpc) is 1.84. The molecule has 2 N–H and O–H groups in total. The van der Waals surface area contributed by atoms with Crippen molar-refractivity contribution >= 4 is 11.8 Å². The Morgan fingerprint density at radius 1 is 1.55 bits per heavy atom. The number of aliphatic hydroxyl groups is 1. The van der Waals surface area contributed by atoms with Crippen LogP contribution in [0.2, 0.25) is 0 Å². The first-order valence-corrected chi connectivity index (χ1v) is 3.04. The molecule has 0 aromatic carbocycles. The molecule has 0 aliphatic carbocycles. The van der Waals surface area contributed by atoms with Crippen molar-refractivity contribution in [3.8, 4) is 0 Å². The molecular weight excluding hydrogens is 148 g/mol. The van der Waals surface area contributed by atoms with Crippen LogP contribution >= 0.6 is 0 Å². The molecule has 0 fully saturated rings. The number of aliphatic hydroxyl groups excluding tert-OH is 1. The molecule has 0 heterocycles. The molecule has 0 spiro atoms. The Morgan fingerprint density at radius 2 is 2.00 bits per heavy atom. The molecule has 62 valence electrons. The first-order chi connectivity index (χ1) is 4.95. The average molecular weight is 158 g/mol. The first kappa shape index (κ1) is 9.84. The standard InChI is InChI=1S/C7H10O4/c1-4(2)7(11)5(8)3-6(9)10/h5,8H,1,3H2,2H3,(H,9,10). The van der Waals surface area contributed by atoms with Gasteiger partial charge in [0.15, 0.2) is 5.78 Å². The van der Waals surface area contributed by atoms with E-state index in [0.717, 1.165) is 0 Å². The van der Waals surface area contributed by atoms with Crippen molar-refractivity contribution in [3.63, 3.8) is 0 Å². The highest BCUT2D eigenvalue weighted by molar-refractivity contribution is 5.99. The van der Waals surface area contributed by atoms with Crippen molar-refractivity contribution in [1.29, 1.82) is 0 Å². The number of Topliss-reactive ketones (excluding diaryl/α,β-unsaturated/α-hetero) is 1. The lowest BCUT2D eigenvalue weighted by Crippen LogP contribution is -2.23. The van der Waals surface area contributed by atoms with Gasteiger partial charge < -0.3 is 10.2 Å². The molecule has 0 aromatic rings. The Labute approximate surface area is 64.2 Å². The van der Waals surface area contributed by atoms with E-state index in [1.807, 2.05) is 0 Å². The molecule has 0 rings (SSSR count). The summed E-state index contributed by atoms with van der Waals surface area (Å²) in [4.78, 5) is 20.8. The van der Waals surface area contributed by atoms with Crippen molar-refractivity contribution in [3.05, 3.63) is 12.2 Å². The van der Waals surface area contributed by atoms with Crippen LogP contribution in [0.4, 0.5) is 0 Å². The minimum absolute atomic E-state index is 0.166. The molecule has 0 aliphatic rings. The molecule has 0 saturated carbocycles. The normalized spacial score (nSPS) is 12.2. The van der Waals surface area contributed by atoms with Crippen LogP contribution in [0.15, 0.2) is 12.2 Å². The molecule has 4 heteroatoms. The molecule has 4 nitrogen and oxygen atoms in total. The molecule has 0 aromatic heterocycles. The van der Waals surface area contributed by atoms with Gasteiger partial charge in [0.1, 0.15) is 6.10 Å². The summed E-state index contributed by atoms with van der Waals surface area (Å²) in [5, 5.41) is 17.0. The van der Waals surface area contributed by atoms with E-state index in [1.54, 1.807) is 0 Å². The van der Waals surface area contributed by atoms with Gasteiger partial charge in [0.2, 0.25) is 0 Å². The van der Waals surface area contributed by atoms with E-state index < -0.39 is 24.3 Å². The maximum absolute atomic E-state index is 10.8. The lowest BCUT2D eigenvalue weighted by atomic mass is 10.1. The van der Waals surface area contributed by atoms with Crippen LogP contribution in [0.3, 0.4) is 0 Å². The lowest BCUT2D eigenvalue weighted by molar-refractivity contribution is -0.142. The smallest absolute Gasteiger partial charge is 0.306 e. The predicted octanol–water partition coefficient (Wildman–Crippen LogP) is -0.0328. The fourth-order valence-electron chi connectivity index (χ4n) is 0.543. The Bertz CT molecular complexity index is 195. The highest BCUT2D eigenvalue weighted by Crippen LogP contribution is 2.00. The van der Waals surface area contributed by atoms with Gasteiger partial charge in [-0.15, -0.1) is 0 Å². The van der Waals surface area contributed by atoms with E-state index in [9.17, 15) is 9.59 Å². The van der Waals surface area contributed by atoms with E-state index in [1.165, 1.54) is 6.92 Å². The zero-order valence-corrected chi connectivity index (χ0v) is 6.20. The van der Waals surface area contributed by atoms with Crippen LogP contribution in [0.5, 0.6) is 0 Å². The minimum atomic E-state index is -1.45. The molecule has 1 atom stereocenters. The Hall–Kier alpha value is -1.16. The van der Waals surface area contributed by atoms with Gasteiger partial charge >= 0.3 is 5.97 Å². The summed E-state index contributed by atoms with van der Waals surface area (Å²) in [6, 6.07) is 0. The summed E-state index contributed by atoms with van der Waals surface area (Å²) in [6.45, 7) is 4.70. The number of ketones is 1. The van der Waals surface area contributed by atoms with Gasteiger partial charge in [0.25, 0.3) is 0 Å². The lowest BCUT2D eigenvalue weighted by Gasteiger charge is -2.04. The van der Waals surface area contributed by atoms with Gasteiger partial charge in [-0.05, 0) is 12.5 Å². The van der Waals surface area contributed by atoms with Crippen molar-refractivity contribution in [2.75, 3.05) is 0 Å². The van der Waals surface area contributed by atoms with Crippen molar-refractivity contribution in [1.82, 2.24) is 0 Å². The summed E-state index contributed by atoms with van der Waals surface area (Å²) < 4.78 is 0. The summed E-state index contributed by atoms with van der Waals surface area (Å²) >= 11 is 0. The van der Waals surface area contributed by atoms with Crippen LogP contribution in [0.25, 0.3) is 0 Å². The second-order valence-corrected chi connectivity index (χ2v) is 2.26. The van der Waals surface area contributed by atoms with E-state index >= 15 is 0 Å². The first-order valence-electron chi connectivity index (χ1n) is 3.04. The third kappa shape index (κ3) is 3.52. The molecular formula is C7H10O4. The third-order valence-corrected chi connectivity index (χ3v) is 1.09. The van der Waals surface area contributed by atoms with Crippen LogP contribution in [0.1, 0.15) is 13.3 Å². The maximum atomic E-state index is 10.8. The summed E-state index contributed by atoms with van der Waals surface area (Å²) in [5.41, 5.74) is 0.166. The van der Waals surface area contributed by atoms with Gasteiger partial charge in [-0.1, -0.05) is 6.58 Å². The largest absolute Gasteiger partial charge is 0.481 e. The molecule has 0 radical (unpaired) electrons. The molecule has 0 bridgehead atoms. The number of carbonyl (C=O) groups excluding carboxylic acids is 1. The topological polar surface area (TPSA) is 74.6 Å². The van der Waals surface area contributed by atoms with Gasteiger partial charge in [-0.25, -0.2) is 0 Å². The van der Waals surface area contributed by atoms with E-state index in [4.69, 9.17) is 10.2 Å². The van der Waals surface area contributed by atoms with Gasteiger partial charge in [-0.3, -0.25) is 9.59 Å². The summed E-state index contributed by atoms with van der Waals surface area (Å²) in [5.74, 6) is -1.82. The summed E-state index contributed by atoms with van der Waals surface area (Å²) in [6.07, 6.45) is -2.02. The van der Waals surface area contributed by atoms with Crippen LogP contribution < -0.4 is 0 Å². The number of rotatable bonds is 4. The maximum Gasteiger partial charge on any atom is 0.306 e. The molecule has 0 aliphatic heterocycles. The second kappa shape index (κ2) is 3.88. The van der Waals surface area contributed by atoms with Crippen molar-refractivity contribution in [2.24, 2.45) is 0 Å². The van der Waals surface area contributed by atoms with Gasteiger partial charge in [0.05, 0.1) is 6.42 Å². The Kier molecular flexibility index (Phi) is 3.47. The number of carboxylic acids is 1. The van der Waals surface area contributed by atoms with Crippen LogP contribution in [-0.4, -0.2) is 28.1 Å². The highest BCUT2D eigenvalue weighted by atomic mass is 16.4. The highest BCUT2D eigenvalue weighted by Gasteiger charge is 2.18. The quantitative estimate of drug-likeness (QED) is 0.563. The number of carboxylic acid groups (broad SMARTS) is 1. The van der Waals surface area contributed by atoms with Crippen LogP contribution in [-0.2, 0) is 9.59 Å². The third-order valence-electron chi connectivity index (χ3n) is 1.09. The fourth-order valence-corrected chi connectivity index (χ4v) is 0.543. The second-order valence-electron chi connectivity index (χ2n) is 2.26. The van der Waals surface area contributed by atoms with Crippen molar-refractivity contribution < 1.29 is 19.8 Å². The fraction of sp³-hybridized carbons (Fsp3) is 0.429. The van der Waals surface area contributed by atoms with Crippen molar-refractivity contribution in [2.45, 2.75) is 19.4 Å². The molecule has 1 unspecified atom stereocenters. The van der Waals surface area contributed by atoms with Gasteiger partial charge in [-0.2, -0.15) is 0 Å². The number of hydrogen-bond donors (Lipinski definition) is 2. The molecule has 11 heavy (non-hydrogen) atoms. The Morgan fingerprint density at radius 3 is 2.27 bits per heavy atom. The predicted molar refractivity (Wildman–Crippen MR) is 38.1 cm³/mol. The zero-order chi connectivity index (χ0) is 9.02. The van der Waals surface area contributed by atoms with E-state index in [-0.39, 0.29) is 5.57 Å². The molecule has 0 amide bonds. The summed E-state index contributed by atoms with van der Waals surface area (Å²) in [7, 11) is 0. The number of carbonyl (C=O) groups is 2. The Balaban J connectivity index is 4.03.